The number of hydrogen-bond acceptors (Lipinski definition) is 2. The van der Waals surface area contributed by atoms with Gasteiger partial charge in [0.25, 0.3) is 5.91 Å². The number of likely N-dealkylation sites (N-methyl/N-ethyl adjacent to an activating group) is 1. The van der Waals surface area contributed by atoms with E-state index in [9.17, 15) is 9.59 Å². The first-order valence-electron chi connectivity index (χ1n) is 10.9. The van der Waals surface area contributed by atoms with Gasteiger partial charge in [0.2, 0.25) is 5.91 Å². The molecule has 6 nitrogen and oxygen atoms in total. The Bertz CT molecular complexity index is 877. The fourth-order valence-electron chi connectivity index (χ4n) is 4.14. The predicted molar refractivity (Wildman–Crippen MR) is 119 cm³/mol. The highest BCUT2D eigenvalue weighted by atomic mass is 16.2. The van der Waals surface area contributed by atoms with E-state index in [-0.39, 0.29) is 23.9 Å². The second-order valence-electron chi connectivity index (χ2n) is 9.54. The summed E-state index contributed by atoms with van der Waals surface area (Å²) in [6.07, 6.45) is 0. The summed E-state index contributed by atoms with van der Waals surface area (Å²) in [7, 11) is 1.71. The van der Waals surface area contributed by atoms with Crippen LogP contribution in [0.3, 0.4) is 0 Å². The van der Waals surface area contributed by atoms with E-state index in [1.165, 1.54) is 21.2 Å². The summed E-state index contributed by atoms with van der Waals surface area (Å²) in [6.45, 7) is 11.5. The molecule has 0 atom stereocenters. The minimum absolute atomic E-state index is 0.0339. The van der Waals surface area contributed by atoms with Crippen LogP contribution in [0.15, 0.2) is 42.5 Å². The van der Waals surface area contributed by atoms with E-state index in [2.05, 4.69) is 47.8 Å². The Kier molecular flexibility index (Phi) is 7.10. The molecule has 1 fully saturated rings. The highest BCUT2D eigenvalue weighted by molar-refractivity contribution is 5.86. The van der Waals surface area contributed by atoms with Crippen LogP contribution >= 0.6 is 0 Å². The van der Waals surface area contributed by atoms with E-state index in [1.54, 1.807) is 16.8 Å². The van der Waals surface area contributed by atoms with E-state index in [0.717, 1.165) is 32.7 Å². The first-order valence-corrected chi connectivity index (χ1v) is 10.9. The number of hydrogen-bond donors (Lipinski definition) is 3. The summed E-state index contributed by atoms with van der Waals surface area (Å²) in [5, 5.41) is 5.54. The quantitative estimate of drug-likeness (QED) is 0.599. The Morgan fingerprint density at radius 1 is 0.967 bits per heavy atom. The molecule has 3 rings (SSSR count). The van der Waals surface area contributed by atoms with Crippen LogP contribution < -0.4 is 15.1 Å². The van der Waals surface area contributed by atoms with Crippen LogP contribution in [0.4, 0.5) is 0 Å². The zero-order valence-electron chi connectivity index (χ0n) is 18.8. The topological polar surface area (TPSA) is 58.3 Å². The number of carbonyl (C=O) groups is 2. The highest BCUT2D eigenvalue weighted by Gasteiger charge is 2.27. The molecule has 1 heterocycles. The third-order valence-corrected chi connectivity index (χ3v) is 5.71. The van der Waals surface area contributed by atoms with Crippen LogP contribution in [-0.4, -0.2) is 68.6 Å². The Hall–Kier alpha value is -2.44. The first kappa shape index (κ1) is 22.2. The smallest absolute Gasteiger partial charge is 0.277 e. The van der Waals surface area contributed by atoms with Crippen LogP contribution in [0.25, 0.3) is 10.8 Å². The number of piperazine rings is 1. The van der Waals surface area contributed by atoms with Crippen molar-refractivity contribution in [2.45, 2.75) is 32.9 Å². The molecule has 0 aromatic heterocycles. The lowest BCUT2D eigenvalue weighted by atomic mass is 10.0. The van der Waals surface area contributed by atoms with E-state index in [1.807, 2.05) is 20.8 Å². The van der Waals surface area contributed by atoms with Gasteiger partial charge in [-0.25, -0.2) is 0 Å². The monoisotopic (exact) mass is 412 g/mol. The summed E-state index contributed by atoms with van der Waals surface area (Å²) in [4.78, 5) is 29.0. The zero-order valence-corrected chi connectivity index (χ0v) is 18.8. The van der Waals surface area contributed by atoms with Gasteiger partial charge in [0.05, 0.1) is 6.54 Å². The predicted octanol–water partition coefficient (Wildman–Crippen LogP) is -0.504. The number of quaternary nitrogens is 2. The minimum atomic E-state index is -0.282. The molecule has 2 amide bonds. The maximum absolute atomic E-state index is 12.5. The molecule has 2 aromatic rings. The molecular formula is C24H36N4O2+2. The SMILES string of the molecule is CN(CC(=O)NC(C)(C)C)C(=O)C[NH+]1CC[NH+](Cc2cccc3ccccc23)CC1. The normalized spacial score (nSPS) is 19.5. The number of nitrogens with zero attached hydrogens (tertiary/aromatic N) is 1. The summed E-state index contributed by atoms with van der Waals surface area (Å²) >= 11 is 0. The van der Waals surface area contributed by atoms with Gasteiger partial charge in [0.15, 0.2) is 6.54 Å². The Labute approximate surface area is 179 Å². The standard InChI is InChI=1S/C24H34N4O2/c1-24(2,3)25-22(29)17-26(4)23(30)18-28-14-12-27(13-15-28)16-20-10-7-9-19-8-5-6-11-21(19)20/h5-11H,12-18H2,1-4H3,(H,25,29)/p+2. The van der Waals surface area contributed by atoms with Crippen molar-refractivity contribution in [3.63, 3.8) is 0 Å². The van der Waals surface area contributed by atoms with Crippen molar-refractivity contribution in [2.24, 2.45) is 0 Å². The van der Waals surface area contributed by atoms with Crippen molar-refractivity contribution in [1.82, 2.24) is 10.2 Å². The highest BCUT2D eigenvalue weighted by Crippen LogP contribution is 2.17. The van der Waals surface area contributed by atoms with Crippen LogP contribution in [0.5, 0.6) is 0 Å². The summed E-state index contributed by atoms with van der Waals surface area (Å²) < 4.78 is 0. The third kappa shape index (κ3) is 6.28. The molecule has 0 aliphatic carbocycles. The minimum Gasteiger partial charge on any atom is -0.350 e. The van der Waals surface area contributed by atoms with Gasteiger partial charge in [-0.05, 0) is 31.5 Å². The van der Waals surface area contributed by atoms with Crippen molar-refractivity contribution in [1.29, 1.82) is 0 Å². The average molecular weight is 413 g/mol. The molecule has 6 heteroatoms. The zero-order chi connectivity index (χ0) is 21.7. The van der Waals surface area contributed by atoms with E-state index < -0.39 is 0 Å². The van der Waals surface area contributed by atoms with Gasteiger partial charge in [0, 0.05) is 18.2 Å². The summed E-state index contributed by atoms with van der Waals surface area (Å²) in [6, 6.07) is 15.1. The molecule has 162 valence electrons. The average Bonchev–Trinajstić information content (AvgIpc) is 2.68. The van der Waals surface area contributed by atoms with Crippen LogP contribution in [0.2, 0.25) is 0 Å². The van der Waals surface area contributed by atoms with Gasteiger partial charge in [-0.1, -0.05) is 42.5 Å². The molecule has 0 radical (unpaired) electrons. The van der Waals surface area contributed by atoms with Crippen LogP contribution in [0.1, 0.15) is 26.3 Å². The van der Waals surface area contributed by atoms with Gasteiger partial charge in [0.1, 0.15) is 32.7 Å². The van der Waals surface area contributed by atoms with Crippen LogP contribution in [-0.2, 0) is 16.1 Å². The number of rotatable bonds is 6. The lowest BCUT2D eigenvalue weighted by Gasteiger charge is -2.30. The summed E-state index contributed by atoms with van der Waals surface area (Å²) in [5.41, 5.74) is 1.11. The molecule has 30 heavy (non-hydrogen) atoms. The molecule has 0 bridgehead atoms. The molecular weight excluding hydrogens is 376 g/mol. The first-order chi connectivity index (χ1) is 14.2. The maximum atomic E-state index is 12.5. The molecule has 0 spiro atoms. The summed E-state index contributed by atoms with van der Waals surface area (Å²) in [5.74, 6) is -0.0794. The van der Waals surface area contributed by atoms with Gasteiger partial charge in [-0.2, -0.15) is 0 Å². The Balaban J connectivity index is 1.46. The van der Waals surface area contributed by atoms with Crippen molar-refractivity contribution in [2.75, 3.05) is 46.3 Å². The number of fused-ring (bicyclic) bond motifs is 1. The molecule has 0 saturated carbocycles. The molecule has 1 saturated heterocycles. The Morgan fingerprint density at radius 3 is 2.30 bits per heavy atom. The lowest BCUT2D eigenvalue weighted by Crippen LogP contribution is -3.28. The van der Waals surface area contributed by atoms with Gasteiger partial charge >= 0.3 is 0 Å². The second-order valence-corrected chi connectivity index (χ2v) is 9.54. The second kappa shape index (κ2) is 9.58. The molecule has 3 N–H and O–H groups in total. The third-order valence-electron chi connectivity index (χ3n) is 5.71. The lowest BCUT2D eigenvalue weighted by molar-refractivity contribution is -1.02. The van der Waals surface area contributed by atoms with Crippen molar-refractivity contribution < 1.29 is 19.4 Å². The molecule has 1 aliphatic rings. The largest absolute Gasteiger partial charge is 0.350 e. The molecule has 1 aliphatic heterocycles. The Morgan fingerprint density at radius 2 is 1.60 bits per heavy atom. The van der Waals surface area contributed by atoms with Gasteiger partial charge < -0.3 is 20.0 Å². The fourth-order valence-corrected chi connectivity index (χ4v) is 4.14. The van der Waals surface area contributed by atoms with Crippen molar-refractivity contribution >= 4 is 22.6 Å². The van der Waals surface area contributed by atoms with Crippen molar-refractivity contribution in [3.05, 3.63) is 48.0 Å². The maximum Gasteiger partial charge on any atom is 0.277 e. The van der Waals surface area contributed by atoms with E-state index in [0.29, 0.717) is 6.54 Å². The number of amides is 2. The van der Waals surface area contributed by atoms with Crippen LogP contribution in [0, 0.1) is 0 Å². The van der Waals surface area contributed by atoms with E-state index in [4.69, 9.17) is 0 Å². The number of benzene rings is 2. The number of carbonyl (C=O) groups excluding carboxylic acids is 2. The van der Waals surface area contributed by atoms with Gasteiger partial charge in [-0.15, -0.1) is 0 Å². The number of nitrogens with one attached hydrogen (secondary N) is 3. The van der Waals surface area contributed by atoms with E-state index >= 15 is 0 Å². The molecule has 2 aromatic carbocycles. The fraction of sp³-hybridized carbons (Fsp3) is 0.500. The van der Waals surface area contributed by atoms with Gasteiger partial charge in [-0.3, -0.25) is 9.59 Å². The molecule has 0 unspecified atom stereocenters. The van der Waals surface area contributed by atoms with Crippen molar-refractivity contribution in [3.8, 4) is 0 Å².